The molecule has 0 aliphatic carbocycles. The van der Waals surface area contributed by atoms with Crippen LogP contribution in [0.2, 0.25) is 5.02 Å². The van der Waals surface area contributed by atoms with Gasteiger partial charge in [-0.25, -0.2) is 9.37 Å². The van der Waals surface area contributed by atoms with Crippen LogP contribution in [0.5, 0.6) is 5.88 Å². The molecule has 0 amide bonds. The number of halogens is 3. The minimum absolute atomic E-state index is 0.130. The summed E-state index contributed by atoms with van der Waals surface area (Å²) in [4.78, 5) is 3.98. The third kappa shape index (κ3) is 2.72. The van der Waals surface area contributed by atoms with Crippen LogP contribution >= 0.6 is 38.9 Å². The first-order chi connectivity index (χ1) is 7.66. The molecule has 0 aliphatic rings. The quantitative estimate of drug-likeness (QED) is 0.841. The van der Waals surface area contributed by atoms with Crippen molar-refractivity contribution in [2.45, 2.75) is 6.61 Å². The van der Waals surface area contributed by atoms with Crippen molar-refractivity contribution in [2.75, 3.05) is 0 Å². The lowest BCUT2D eigenvalue weighted by molar-refractivity contribution is 0.288. The molecule has 0 atom stereocenters. The largest absolute Gasteiger partial charge is 0.471 e. The van der Waals surface area contributed by atoms with Crippen LogP contribution in [0.1, 0.15) is 5.56 Å². The van der Waals surface area contributed by atoms with Crippen molar-refractivity contribution < 1.29 is 9.13 Å². The molecule has 16 heavy (non-hydrogen) atoms. The van der Waals surface area contributed by atoms with Crippen molar-refractivity contribution in [3.05, 3.63) is 43.9 Å². The van der Waals surface area contributed by atoms with E-state index in [1.54, 1.807) is 17.6 Å². The minimum atomic E-state index is -0.376. The Labute approximate surface area is 109 Å². The average Bonchev–Trinajstić information content (AvgIpc) is 2.63. The number of benzene rings is 1. The van der Waals surface area contributed by atoms with Crippen molar-refractivity contribution in [1.82, 2.24) is 4.98 Å². The molecule has 2 nitrogen and oxygen atoms in total. The number of hydrogen-bond donors (Lipinski definition) is 0. The highest BCUT2D eigenvalue weighted by atomic mass is 79.9. The van der Waals surface area contributed by atoms with E-state index in [4.69, 9.17) is 16.3 Å². The molecule has 1 aromatic heterocycles. The lowest BCUT2D eigenvalue weighted by Crippen LogP contribution is -1.98. The summed E-state index contributed by atoms with van der Waals surface area (Å²) < 4.78 is 19.5. The smallest absolute Gasteiger partial charge is 0.239 e. The standard InChI is InChI=1S/C10H6BrClFNOS/c11-9-10(14-5-16-9)15-4-6-1-2-7(12)3-8(6)13/h1-3,5H,4H2. The molecule has 0 aliphatic heterocycles. The fourth-order valence-corrected chi connectivity index (χ4v) is 2.18. The van der Waals surface area contributed by atoms with E-state index in [9.17, 15) is 4.39 Å². The second kappa shape index (κ2) is 5.12. The summed E-state index contributed by atoms with van der Waals surface area (Å²) >= 11 is 10.3. The first-order valence-corrected chi connectivity index (χ1v) is 6.37. The molecule has 0 saturated carbocycles. The van der Waals surface area contributed by atoms with E-state index in [0.29, 0.717) is 16.5 Å². The second-order valence-electron chi connectivity index (χ2n) is 2.96. The highest BCUT2D eigenvalue weighted by Crippen LogP contribution is 2.28. The number of rotatable bonds is 3. The zero-order chi connectivity index (χ0) is 11.5. The molecular weight excluding hydrogens is 317 g/mol. The normalized spacial score (nSPS) is 10.4. The van der Waals surface area contributed by atoms with Gasteiger partial charge in [-0.1, -0.05) is 17.7 Å². The summed E-state index contributed by atoms with van der Waals surface area (Å²) in [5.41, 5.74) is 2.10. The van der Waals surface area contributed by atoms with Crippen molar-refractivity contribution >= 4 is 38.9 Å². The Morgan fingerprint density at radius 3 is 2.94 bits per heavy atom. The van der Waals surface area contributed by atoms with Crippen LogP contribution in [0, 0.1) is 5.82 Å². The van der Waals surface area contributed by atoms with Gasteiger partial charge in [-0.15, -0.1) is 11.3 Å². The van der Waals surface area contributed by atoms with E-state index < -0.39 is 0 Å². The fourth-order valence-electron chi connectivity index (χ4n) is 1.10. The van der Waals surface area contributed by atoms with Gasteiger partial charge in [0, 0.05) is 10.6 Å². The molecule has 1 heterocycles. The van der Waals surface area contributed by atoms with Gasteiger partial charge in [0.05, 0.1) is 5.51 Å². The van der Waals surface area contributed by atoms with E-state index in [1.165, 1.54) is 17.4 Å². The molecule has 0 fully saturated rings. The second-order valence-corrected chi connectivity index (χ2v) is 5.56. The zero-order valence-corrected chi connectivity index (χ0v) is 11.1. The van der Waals surface area contributed by atoms with Gasteiger partial charge in [0.15, 0.2) is 0 Å². The number of aromatic nitrogens is 1. The molecule has 2 rings (SSSR count). The number of thiazole rings is 1. The van der Waals surface area contributed by atoms with E-state index in [2.05, 4.69) is 20.9 Å². The van der Waals surface area contributed by atoms with Crippen LogP contribution in [0.15, 0.2) is 27.5 Å². The first-order valence-electron chi connectivity index (χ1n) is 4.32. The average molecular weight is 323 g/mol. The Bertz CT molecular complexity index is 505. The van der Waals surface area contributed by atoms with Crippen LogP contribution in [0.3, 0.4) is 0 Å². The van der Waals surface area contributed by atoms with Gasteiger partial charge in [-0.3, -0.25) is 0 Å². The number of ether oxygens (including phenoxy) is 1. The van der Waals surface area contributed by atoms with E-state index >= 15 is 0 Å². The molecule has 0 radical (unpaired) electrons. The summed E-state index contributed by atoms with van der Waals surface area (Å²) in [5, 5.41) is 0.371. The summed E-state index contributed by atoms with van der Waals surface area (Å²) in [5.74, 6) is 0.0956. The third-order valence-corrected chi connectivity index (χ3v) is 3.60. The van der Waals surface area contributed by atoms with Crippen molar-refractivity contribution in [1.29, 1.82) is 0 Å². The molecule has 0 spiro atoms. The van der Waals surface area contributed by atoms with E-state index in [0.717, 1.165) is 3.79 Å². The maximum absolute atomic E-state index is 13.4. The van der Waals surface area contributed by atoms with Crippen molar-refractivity contribution in [3.63, 3.8) is 0 Å². The molecule has 1 aromatic carbocycles. The topological polar surface area (TPSA) is 22.1 Å². The Hall–Kier alpha value is -0.650. The Morgan fingerprint density at radius 1 is 1.50 bits per heavy atom. The first kappa shape index (κ1) is 11.8. The van der Waals surface area contributed by atoms with Crippen LogP contribution in [0.4, 0.5) is 4.39 Å². The van der Waals surface area contributed by atoms with E-state index in [-0.39, 0.29) is 12.4 Å². The van der Waals surface area contributed by atoms with E-state index in [1.807, 2.05) is 0 Å². The summed E-state index contributed by atoms with van der Waals surface area (Å²) in [7, 11) is 0. The summed E-state index contributed by atoms with van der Waals surface area (Å²) in [6, 6.07) is 4.48. The molecule has 0 saturated heterocycles. The van der Waals surface area contributed by atoms with Crippen LogP contribution < -0.4 is 4.74 Å². The highest BCUT2D eigenvalue weighted by Gasteiger charge is 2.07. The van der Waals surface area contributed by atoms with Gasteiger partial charge >= 0.3 is 0 Å². The predicted molar refractivity (Wildman–Crippen MR) is 65.6 cm³/mol. The molecule has 2 aromatic rings. The van der Waals surface area contributed by atoms with Gasteiger partial charge in [-0.2, -0.15) is 0 Å². The lowest BCUT2D eigenvalue weighted by atomic mass is 10.2. The molecule has 0 unspecified atom stereocenters. The van der Waals surface area contributed by atoms with Crippen molar-refractivity contribution in [3.8, 4) is 5.88 Å². The Balaban J connectivity index is 2.08. The summed E-state index contributed by atoms with van der Waals surface area (Å²) in [6.07, 6.45) is 0. The van der Waals surface area contributed by atoms with Gasteiger partial charge in [0.2, 0.25) is 5.88 Å². The van der Waals surface area contributed by atoms with Crippen molar-refractivity contribution in [2.24, 2.45) is 0 Å². The third-order valence-electron chi connectivity index (χ3n) is 1.87. The maximum Gasteiger partial charge on any atom is 0.239 e. The predicted octanol–water partition coefficient (Wildman–Crippen LogP) is 4.28. The monoisotopic (exact) mass is 321 g/mol. The molecule has 84 valence electrons. The number of nitrogens with zero attached hydrogens (tertiary/aromatic N) is 1. The van der Waals surface area contributed by atoms with Gasteiger partial charge in [0.25, 0.3) is 0 Å². The minimum Gasteiger partial charge on any atom is -0.471 e. The lowest BCUT2D eigenvalue weighted by Gasteiger charge is -2.05. The number of hydrogen-bond acceptors (Lipinski definition) is 3. The molecular formula is C10H6BrClFNOS. The Morgan fingerprint density at radius 2 is 2.31 bits per heavy atom. The Kier molecular flexibility index (Phi) is 3.78. The van der Waals surface area contributed by atoms with Gasteiger partial charge in [-0.05, 0) is 28.1 Å². The molecule has 0 N–H and O–H groups in total. The zero-order valence-electron chi connectivity index (χ0n) is 7.91. The van der Waals surface area contributed by atoms with Crippen LogP contribution in [-0.4, -0.2) is 4.98 Å². The van der Waals surface area contributed by atoms with Gasteiger partial charge in [0.1, 0.15) is 16.2 Å². The SMILES string of the molecule is Fc1cc(Cl)ccc1COc1ncsc1Br. The highest BCUT2D eigenvalue weighted by molar-refractivity contribution is 9.11. The molecule has 0 bridgehead atoms. The van der Waals surface area contributed by atoms with Crippen LogP contribution in [0.25, 0.3) is 0 Å². The fraction of sp³-hybridized carbons (Fsp3) is 0.100. The van der Waals surface area contributed by atoms with Gasteiger partial charge < -0.3 is 4.74 Å². The van der Waals surface area contributed by atoms with Crippen LogP contribution in [-0.2, 0) is 6.61 Å². The summed E-state index contributed by atoms with van der Waals surface area (Å²) in [6.45, 7) is 0.130. The maximum atomic E-state index is 13.4. The molecule has 6 heteroatoms.